The van der Waals surface area contributed by atoms with Gasteiger partial charge in [0.2, 0.25) is 0 Å². The van der Waals surface area contributed by atoms with Crippen LogP contribution in [0.1, 0.15) is 79.6 Å². The van der Waals surface area contributed by atoms with Crippen LogP contribution in [0.5, 0.6) is 0 Å². The van der Waals surface area contributed by atoms with Crippen LogP contribution >= 0.6 is 0 Å². The molecule has 0 spiro atoms. The van der Waals surface area contributed by atoms with Crippen LogP contribution in [0.25, 0.3) is 0 Å². The Labute approximate surface area is 193 Å². The van der Waals surface area contributed by atoms with Crippen molar-refractivity contribution in [3.8, 4) is 0 Å². The number of fused-ring (bicyclic) bond motifs is 2. The monoisotopic (exact) mass is 446 g/mol. The summed E-state index contributed by atoms with van der Waals surface area (Å²) in [5.74, 6) is 2.73. The van der Waals surface area contributed by atoms with E-state index in [1.807, 2.05) is 0 Å². The van der Waals surface area contributed by atoms with Crippen LogP contribution in [0.3, 0.4) is 0 Å². The highest BCUT2D eigenvalue weighted by Gasteiger charge is 2.62. The van der Waals surface area contributed by atoms with E-state index in [1.54, 1.807) is 6.92 Å². The van der Waals surface area contributed by atoms with Crippen LogP contribution in [0.15, 0.2) is 0 Å². The fourth-order valence-corrected chi connectivity index (χ4v) is 8.69. The summed E-state index contributed by atoms with van der Waals surface area (Å²) in [4.78, 5) is 27.0. The standard InChI is InChI=1S/C27H42O5/c1-14(2)13-30-17(5)31-25(28)23-21-9-22(16(4)15(21)3)24(23)26(29)32-27-10-18-6-19(11-27)8-20(7-18)12-27/h14-24H,6-13H2,1-5H3. The largest absolute Gasteiger partial charge is 0.459 e. The zero-order valence-electron chi connectivity index (χ0n) is 20.5. The maximum Gasteiger partial charge on any atom is 0.312 e. The normalized spacial score (nSPS) is 47.1. The summed E-state index contributed by atoms with van der Waals surface area (Å²) in [6.07, 6.45) is 7.42. The number of esters is 2. The van der Waals surface area contributed by atoms with Crippen molar-refractivity contribution in [2.24, 2.45) is 59.2 Å². The summed E-state index contributed by atoms with van der Waals surface area (Å²) in [5, 5.41) is 0. The second-order valence-corrected chi connectivity index (χ2v) is 12.6. The number of ether oxygens (including phenoxy) is 3. The molecule has 5 nitrogen and oxygen atoms in total. The molecule has 0 aromatic rings. The summed E-state index contributed by atoms with van der Waals surface area (Å²) >= 11 is 0. The van der Waals surface area contributed by atoms with Gasteiger partial charge in [-0.15, -0.1) is 0 Å². The highest BCUT2D eigenvalue weighted by molar-refractivity contribution is 5.84. The molecule has 6 aliphatic rings. The van der Waals surface area contributed by atoms with Gasteiger partial charge in [-0.1, -0.05) is 27.7 Å². The van der Waals surface area contributed by atoms with Crippen molar-refractivity contribution in [1.29, 1.82) is 0 Å². The van der Waals surface area contributed by atoms with Gasteiger partial charge in [0.1, 0.15) is 5.60 Å². The van der Waals surface area contributed by atoms with E-state index < -0.39 is 12.2 Å². The fourth-order valence-electron chi connectivity index (χ4n) is 8.69. The molecule has 0 heterocycles. The van der Waals surface area contributed by atoms with Crippen molar-refractivity contribution >= 4 is 11.9 Å². The zero-order valence-corrected chi connectivity index (χ0v) is 20.5. The first-order valence-electron chi connectivity index (χ1n) is 13.2. The summed E-state index contributed by atoms with van der Waals surface area (Å²) in [6.45, 7) is 11.0. The zero-order chi connectivity index (χ0) is 22.8. The first-order valence-corrected chi connectivity index (χ1v) is 13.2. The lowest BCUT2D eigenvalue weighted by Gasteiger charge is -2.56. The second kappa shape index (κ2) is 8.29. The van der Waals surface area contributed by atoms with Crippen LogP contribution in [0.2, 0.25) is 0 Å². The predicted octanol–water partition coefficient (Wildman–Crippen LogP) is 5.21. The quantitative estimate of drug-likeness (QED) is 0.397. The summed E-state index contributed by atoms with van der Waals surface area (Å²) in [5.41, 5.74) is -0.259. The van der Waals surface area contributed by atoms with Crippen molar-refractivity contribution in [2.75, 3.05) is 6.61 Å². The molecule has 32 heavy (non-hydrogen) atoms. The molecule has 6 aliphatic carbocycles. The Morgan fingerprint density at radius 1 is 0.812 bits per heavy atom. The predicted molar refractivity (Wildman–Crippen MR) is 120 cm³/mol. The van der Waals surface area contributed by atoms with Gasteiger partial charge >= 0.3 is 11.9 Å². The lowest BCUT2D eigenvalue weighted by Crippen LogP contribution is -2.54. The second-order valence-electron chi connectivity index (χ2n) is 12.6. The van der Waals surface area contributed by atoms with Crippen LogP contribution in [-0.2, 0) is 23.8 Å². The van der Waals surface area contributed by atoms with Gasteiger partial charge in [0, 0.05) is 0 Å². The average Bonchev–Trinajstić information content (AvgIpc) is 3.22. The van der Waals surface area contributed by atoms with E-state index in [1.165, 1.54) is 19.3 Å². The highest BCUT2D eigenvalue weighted by atomic mass is 16.7. The lowest BCUT2D eigenvalue weighted by molar-refractivity contribution is -0.202. The Hall–Kier alpha value is -1.10. The van der Waals surface area contributed by atoms with E-state index in [0.717, 1.165) is 43.4 Å². The molecule has 0 aromatic carbocycles. The Bertz CT molecular complexity index is 709. The van der Waals surface area contributed by atoms with Crippen molar-refractivity contribution < 1.29 is 23.8 Å². The molecule has 0 N–H and O–H groups in total. The number of hydrogen-bond acceptors (Lipinski definition) is 5. The van der Waals surface area contributed by atoms with Gasteiger partial charge in [-0.2, -0.15) is 0 Å². The van der Waals surface area contributed by atoms with E-state index in [4.69, 9.17) is 14.2 Å². The average molecular weight is 447 g/mol. The van der Waals surface area contributed by atoms with Crippen molar-refractivity contribution in [3.63, 3.8) is 0 Å². The fraction of sp³-hybridized carbons (Fsp3) is 0.926. The summed E-state index contributed by atoms with van der Waals surface area (Å²) in [7, 11) is 0. The minimum absolute atomic E-state index is 0.115. The molecule has 6 bridgehead atoms. The van der Waals surface area contributed by atoms with E-state index in [9.17, 15) is 9.59 Å². The van der Waals surface area contributed by atoms with Gasteiger partial charge in [0.25, 0.3) is 0 Å². The number of hydrogen-bond donors (Lipinski definition) is 0. The molecule has 6 saturated carbocycles. The Morgan fingerprint density at radius 3 is 1.81 bits per heavy atom. The van der Waals surface area contributed by atoms with Gasteiger partial charge in [0.05, 0.1) is 18.4 Å². The lowest BCUT2D eigenvalue weighted by atomic mass is 9.54. The summed E-state index contributed by atoms with van der Waals surface area (Å²) < 4.78 is 17.9. The minimum atomic E-state index is -0.587. The van der Waals surface area contributed by atoms with Gasteiger partial charge in [-0.3, -0.25) is 9.59 Å². The molecule has 0 aliphatic heterocycles. The number of carbonyl (C=O) groups excluding carboxylic acids is 2. The molecule has 0 aromatic heterocycles. The minimum Gasteiger partial charge on any atom is -0.459 e. The Balaban J connectivity index is 1.31. The number of rotatable bonds is 7. The molecule has 0 radical (unpaired) electrons. The smallest absolute Gasteiger partial charge is 0.312 e. The molecule has 7 unspecified atom stereocenters. The summed E-state index contributed by atoms with van der Waals surface area (Å²) in [6, 6.07) is 0. The van der Waals surface area contributed by atoms with E-state index in [0.29, 0.717) is 24.4 Å². The van der Waals surface area contributed by atoms with Gasteiger partial charge in [-0.05, 0) is 99.2 Å². The SMILES string of the molecule is CC(C)COC(C)OC(=O)C1C2CC(C(C)C2C)C1C(=O)OC12CC3CC(CC(C3)C1)C2. The third kappa shape index (κ3) is 3.91. The number of carbonyl (C=O) groups is 2. The van der Waals surface area contributed by atoms with Gasteiger partial charge in [-0.25, -0.2) is 0 Å². The van der Waals surface area contributed by atoms with Gasteiger partial charge < -0.3 is 14.2 Å². The molecule has 6 rings (SSSR count). The van der Waals surface area contributed by atoms with Crippen LogP contribution < -0.4 is 0 Å². The van der Waals surface area contributed by atoms with E-state index in [-0.39, 0.29) is 35.3 Å². The van der Waals surface area contributed by atoms with E-state index >= 15 is 0 Å². The van der Waals surface area contributed by atoms with Gasteiger partial charge in [0.15, 0.2) is 6.29 Å². The van der Waals surface area contributed by atoms with E-state index in [2.05, 4.69) is 27.7 Å². The molecule has 6 fully saturated rings. The first-order chi connectivity index (χ1) is 15.2. The molecule has 0 amide bonds. The molecular formula is C27H42O5. The molecule has 180 valence electrons. The Kier molecular flexibility index (Phi) is 5.87. The third-order valence-corrected chi connectivity index (χ3v) is 9.82. The molecule has 5 heteroatoms. The third-order valence-electron chi connectivity index (χ3n) is 9.82. The van der Waals surface area contributed by atoms with Crippen LogP contribution in [0.4, 0.5) is 0 Å². The maximum absolute atomic E-state index is 13.7. The van der Waals surface area contributed by atoms with Crippen molar-refractivity contribution in [3.05, 3.63) is 0 Å². The Morgan fingerprint density at radius 2 is 1.31 bits per heavy atom. The van der Waals surface area contributed by atoms with Crippen LogP contribution in [0, 0.1) is 59.2 Å². The maximum atomic E-state index is 13.7. The molecular weight excluding hydrogens is 404 g/mol. The topological polar surface area (TPSA) is 61.8 Å². The molecule has 0 saturated heterocycles. The molecule has 7 atom stereocenters. The first kappa shape index (κ1) is 22.7. The van der Waals surface area contributed by atoms with Crippen molar-refractivity contribution in [1.82, 2.24) is 0 Å². The highest BCUT2D eigenvalue weighted by Crippen LogP contribution is 2.61. The van der Waals surface area contributed by atoms with Crippen LogP contribution in [-0.4, -0.2) is 30.4 Å². The van der Waals surface area contributed by atoms with Crippen molar-refractivity contribution in [2.45, 2.75) is 91.5 Å².